The molecule has 8 heteroatoms. The molecule has 0 aliphatic heterocycles. The second-order valence-corrected chi connectivity index (χ2v) is 7.88. The number of aryl methyl sites for hydroxylation is 1. The summed E-state index contributed by atoms with van der Waals surface area (Å²) < 4.78 is 5.28. The topological polar surface area (TPSA) is 96.7 Å². The molecule has 2 aromatic carbocycles. The zero-order valence-electron chi connectivity index (χ0n) is 16.7. The summed E-state index contributed by atoms with van der Waals surface area (Å²) in [6, 6.07) is 14.8. The van der Waals surface area contributed by atoms with Crippen LogP contribution in [0, 0.1) is 5.92 Å². The van der Waals surface area contributed by atoms with Crippen molar-refractivity contribution in [2.24, 2.45) is 5.92 Å². The molecule has 4 aromatic rings. The molecular weight excluding hydrogens is 402 g/mol. The molecule has 0 aliphatic carbocycles. The summed E-state index contributed by atoms with van der Waals surface area (Å²) >= 11 is 5.90. The van der Waals surface area contributed by atoms with Gasteiger partial charge in [0.25, 0.3) is 0 Å². The number of aromatic amines is 1. The van der Waals surface area contributed by atoms with Gasteiger partial charge < -0.3 is 14.8 Å². The number of halogens is 1. The lowest BCUT2D eigenvalue weighted by Crippen LogP contribution is -2.32. The predicted octanol–water partition coefficient (Wildman–Crippen LogP) is 4.71. The van der Waals surface area contributed by atoms with Crippen molar-refractivity contribution < 1.29 is 9.32 Å². The first-order valence-corrected chi connectivity index (χ1v) is 10.2. The summed E-state index contributed by atoms with van der Waals surface area (Å²) in [6.45, 7) is 4.10. The zero-order valence-corrected chi connectivity index (χ0v) is 17.5. The number of fused-ring (bicyclic) bond motifs is 1. The molecular formula is C22H22ClN5O2. The number of carbonyl (C=O) groups is 1. The fraction of sp³-hybridized carbons (Fsp3) is 0.273. The molecule has 1 amide bonds. The Kier molecular flexibility index (Phi) is 5.81. The number of rotatable bonds is 7. The van der Waals surface area contributed by atoms with Crippen LogP contribution >= 0.6 is 11.6 Å². The Bertz CT molecular complexity index is 1120. The van der Waals surface area contributed by atoms with Crippen LogP contribution in [0.4, 0.5) is 0 Å². The lowest BCUT2D eigenvalue weighted by atomic mass is 10.0. The molecule has 1 unspecified atom stereocenters. The van der Waals surface area contributed by atoms with E-state index in [0.717, 1.165) is 22.4 Å². The van der Waals surface area contributed by atoms with Crippen molar-refractivity contribution in [3.05, 3.63) is 65.3 Å². The van der Waals surface area contributed by atoms with Gasteiger partial charge in [-0.15, -0.1) is 0 Å². The Labute approximate surface area is 178 Å². The van der Waals surface area contributed by atoms with E-state index in [4.69, 9.17) is 16.1 Å². The molecule has 2 heterocycles. The van der Waals surface area contributed by atoms with Gasteiger partial charge in [-0.3, -0.25) is 4.79 Å². The van der Waals surface area contributed by atoms with Crippen LogP contribution in [0.15, 0.2) is 53.1 Å². The number of hydrogen-bond donors (Lipinski definition) is 2. The fourth-order valence-electron chi connectivity index (χ4n) is 3.21. The standard InChI is InChI=1S/C22H22ClN5O2/c1-13(2)20(22-24-16-5-3-4-6-17(16)25-22)26-18(29)11-12-19-27-21(28-30-19)14-7-9-15(23)10-8-14/h3-10,13,20H,11-12H2,1-2H3,(H,24,25)(H,26,29). The molecule has 0 radical (unpaired) electrons. The van der Waals surface area contributed by atoms with E-state index in [1.54, 1.807) is 12.1 Å². The Morgan fingerprint density at radius 3 is 2.63 bits per heavy atom. The number of aromatic nitrogens is 4. The van der Waals surface area contributed by atoms with Crippen LogP contribution in [0.3, 0.4) is 0 Å². The van der Waals surface area contributed by atoms with Crippen LogP contribution in [0.5, 0.6) is 0 Å². The number of nitrogens with one attached hydrogen (secondary N) is 2. The van der Waals surface area contributed by atoms with Crippen molar-refractivity contribution in [3.63, 3.8) is 0 Å². The van der Waals surface area contributed by atoms with Gasteiger partial charge in [-0.2, -0.15) is 4.98 Å². The van der Waals surface area contributed by atoms with Gasteiger partial charge in [0.2, 0.25) is 17.6 Å². The minimum absolute atomic E-state index is 0.0969. The summed E-state index contributed by atoms with van der Waals surface area (Å²) in [5, 5.41) is 7.69. The van der Waals surface area contributed by atoms with Gasteiger partial charge in [-0.25, -0.2) is 4.98 Å². The predicted molar refractivity (Wildman–Crippen MR) is 115 cm³/mol. The van der Waals surface area contributed by atoms with Gasteiger partial charge in [0, 0.05) is 23.4 Å². The monoisotopic (exact) mass is 423 g/mol. The van der Waals surface area contributed by atoms with E-state index >= 15 is 0 Å². The number of amides is 1. The molecule has 30 heavy (non-hydrogen) atoms. The van der Waals surface area contributed by atoms with Crippen molar-refractivity contribution in [2.75, 3.05) is 0 Å². The van der Waals surface area contributed by atoms with Crippen molar-refractivity contribution >= 4 is 28.5 Å². The van der Waals surface area contributed by atoms with Gasteiger partial charge in [-0.05, 0) is 42.3 Å². The lowest BCUT2D eigenvalue weighted by molar-refractivity contribution is -0.122. The maximum atomic E-state index is 12.6. The van der Waals surface area contributed by atoms with Gasteiger partial charge >= 0.3 is 0 Å². The van der Waals surface area contributed by atoms with Crippen LogP contribution in [0.2, 0.25) is 5.02 Å². The van der Waals surface area contributed by atoms with Crippen molar-refractivity contribution in [1.29, 1.82) is 0 Å². The average Bonchev–Trinajstić information content (AvgIpc) is 3.37. The first kappa shape index (κ1) is 20.1. The third-order valence-corrected chi connectivity index (χ3v) is 5.07. The van der Waals surface area contributed by atoms with Crippen molar-refractivity contribution in [1.82, 2.24) is 25.4 Å². The second kappa shape index (κ2) is 8.67. The van der Waals surface area contributed by atoms with E-state index < -0.39 is 0 Å². The number of imidazole rings is 1. The van der Waals surface area contributed by atoms with Crippen LogP contribution in [-0.4, -0.2) is 26.0 Å². The minimum atomic E-state index is -0.211. The highest BCUT2D eigenvalue weighted by Gasteiger charge is 2.22. The van der Waals surface area contributed by atoms with Crippen LogP contribution < -0.4 is 5.32 Å². The summed E-state index contributed by atoms with van der Waals surface area (Å²) in [7, 11) is 0. The molecule has 1 atom stereocenters. The number of H-pyrrole nitrogens is 1. The van der Waals surface area contributed by atoms with Gasteiger partial charge in [-0.1, -0.05) is 42.7 Å². The normalized spacial score (nSPS) is 12.4. The molecule has 0 aliphatic rings. The zero-order chi connectivity index (χ0) is 21.1. The number of para-hydroxylation sites is 2. The maximum absolute atomic E-state index is 12.6. The number of benzene rings is 2. The van der Waals surface area contributed by atoms with E-state index in [9.17, 15) is 4.79 Å². The SMILES string of the molecule is CC(C)C(NC(=O)CCc1nc(-c2ccc(Cl)cc2)no1)c1nc2ccccc2[nH]1. The molecule has 7 nitrogen and oxygen atoms in total. The van der Waals surface area contributed by atoms with E-state index in [-0.39, 0.29) is 24.3 Å². The highest BCUT2D eigenvalue weighted by atomic mass is 35.5. The average molecular weight is 424 g/mol. The molecule has 2 aromatic heterocycles. The Morgan fingerprint density at radius 2 is 1.90 bits per heavy atom. The third-order valence-electron chi connectivity index (χ3n) is 4.82. The van der Waals surface area contributed by atoms with E-state index in [1.807, 2.05) is 36.4 Å². The van der Waals surface area contributed by atoms with Gasteiger partial charge in [0.1, 0.15) is 5.82 Å². The summed E-state index contributed by atoms with van der Waals surface area (Å²) in [5.41, 5.74) is 2.64. The van der Waals surface area contributed by atoms with Crippen LogP contribution in [0.25, 0.3) is 22.4 Å². The summed E-state index contributed by atoms with van der Waals surface area (Å²) in [6.07, 6.45) is 0.600. The first-order chi connectivity index (χ1) is 14.5. The minimum Gasteiger partial charge on any atom is -0.346 e. The molecule has 2 N–H and O–H groups in total. The molecule has 154 valence electrons. The largest absolute Gasteiger partial charge is 0.346 e. The Hall–Kier alpha value is -3.19. The summed E-state index contributed by atoms with van der Waals surface area (Å²) in [4.78, 5) is 24.9. The molecule has 4 rings (SSSR count). The molecule has 0 bridgehead atoms. The van der Waals surface area contributed by atoms with Crippen molar-refractivity contribution in [3.8, 4) is 11.4 Å². The van der Waals surface area contributed by atoms with Crippen LogP contribution in [0.1, 0.15) is 38.0 Å². The van der Waals surface area contributed by atoms with Gasteiger partial charge in [0.15, 0.2) is 0 Å². The van der Waals surface area contributed by atoms with Crippen LogP contribution in [-0.2, 0) is 11.2 Å². The third kappa shape index (κ3) is 4.52. The number of nitrogens with zero attached hydrogens (tertiary/aromatic N) is 3. The Balaban J connectivity index is 1.39. The number of hydrogen-bond acceptors (Lipinski definition) is 5. The maximum Gasteiger partial charge on any atom is 0.227 e. The van der Waals surface area contributed by atoms with E-state index in [1.165, 1.54) is 0 Å². The highest BCUT2D eigenvalue weighted by Crippen LogP contribution is 2.23. The van der Waals surface area contributed by atoms with Gasteiger partial charge in [0.05, 0.1) is 17.1 Å². The van der Waals surface area contributed by atoms with E-state index in [2.05, 4.69) is 39.3 Å². The first-order valence-electron chi connectivity index (χ1n) is 9.82. The summed E-state index contributed by atoms with van der Waals surface area (Å²) in [5.74, 6) is 1.72. The Morgan fingerprint density at radius 1 is 1.13 bits per heavy atom. The molecule has 0 spiro atoms. The lowest BCUT2D eigenvalue weighted by Gasteiger charge is -2.20. The molecule has 0 saturated heterocycles. The highest BCUT2D eigenvalue weighted by molar-refractivity contribution is 6.30. The quantitative estimate of drug-likeness (QED) is 0.448. The second-order valence-electron chi connectivity index (χ2n) is 7.45. The molecule has 0 fully saturated rings. The number of carbonyl (C=O) groups excluding carboxylic acids is 1. The van der Waals surface area contributed by atoms with E-state index in [0.29, 0.717) is 23.2 Å². The fourth-order valence-corrected chi connectivity index (χ4v) is 3.34. The molecule has 0 saturated carbocycles. The van der Waals surface area contributed by atoms with Crippen molar-refractivity contribution in [2.45, 2.75) is 32.7 Å². The smallest absolute Gasteiger partial charge is 0.227 e.